The number of nitrogens with one attached hydrogen (secondary N) is 2. The van der Waals surface area contributed by atoms with E-state index in [-0.39, 0.29) is 15.5 Å². The lowest BCUT2D eigenvalue weighted by molar-refractivity contribution is -0.114. The van der Waals surface area contributed by atoms with Gasteiger partial charge in [0.15, 0.2) is 0 Å². The molecule has 4 rings (SSSR count). The minimum atomic E-state index is -4.12. The number of rotatable bonds is 9. The molecule has 12 heteroatoms. The highest BCUT2D eigenvalue weighted by molar-refractivity contribution is 7.93. The highest BCUT2D eigenvalue weighted by Crippen LogP contribution is 2.29. The Kier molecular flexibility index (Phi) is 8.74. The van der Waals surface area contributed by atoms with Gasteiger partial charge in [0.05, 0.1) is 15.5 Å². The number of carbonyl (C=O) groups is 1. The molecule has 0 saturated heterocycles. The largest absolute Gasteiger partial charge is 0.325 e. The molecule has 0 aliphatic rings. The summed E-state index contributed by atoms with van der Waals surface area (Å²) in [5, 5.41) is 3.54. The number of nitrogens with zero attached hydrogens (tertiary/aromatic N) is 1. The quantitative estimate of drug-likeness (QED) is 0.231. The maximum Gasteiger partial charge on any atom is 0.264 e. The fourth-order valence-electron chi connectivity index (χ4n) is 3.82. The Labute approximate surface area is 243 Å². The van der Waals surface area contributed by atoms with E-state index in [4.69, 9.17) is 23.2 Å². The van der Waals surface area contributed by atoms with Gasteiger partial charge < -0.3 is 5.32 Å². The fourth-order valence-corrected chi connectivity index (χ4v) is 6.71. The van der Waals surface area contributed by atoms with Gasteiger partial charge in [-0.25, -0.2) is 16.8 Å². The van der Waals surface area contributed by atoms with Crippen LogP contribution in [0.5, 0.6) is 0 Å². The number of amides is 1. The molecule has 0 unspecified atom stereocenters. The summed E-state index contributed by atoms with van der Waals surface area (Å²) < 4.78 is 56.2. The lowest BCUT2D eigenvalue weighted by Crippen LogP contribution is -2.38. The maximum atomic E-state index is 13.6. The molecule has 4 aromatic rings. The smallest absolute Gasteiger partial charge is 0.264 e. The molecule has 0 heterocycles. The fraction of sp³-hybridized carbons (Fsp3) is 0.107. The summed E-state index contributed by atoms with van der Waals surface area (Å²) in [5.74, 6) is -0.625. The average molecular weight is 619 g/mol. The van der Waals surface area contributed by atoms with Crippen LogP contribution in [-0.2, 0) is 24.8 Å². The van der Waals surface area contributed by atoms with Gasteiger partial charge >= 0.3 is 0 Å². The van der Waals surface area contributed by atoms with Gasteiger partial charge in [0, 0.05) is 21.4 Å². The Balaban J connectivity index is 1.55. The highest BCUT2D eigenvalue weighted by atomic mass is 35.5. The van der Waals surface area contributed by atoms with Crippen molar-refractivity contribution in [2.75, 3.05) is 20.9 Å². The van der Waals surface area contributed by atoms with E-state index in [0.717, 1.165) is 9.87 Å². The first-order chi connectivity index (χ1) is 18.8. The molecule has 0 saturated carbocycles. The first-order valence-electron chi connectivity index (χ1n) is 11.9. The van der Waals surface area contributed by atoms with Crippen molar-refractivity contribution in [1.82, 2.24) is 0 Å². The predicted octanol–water partition coefficient (Wildman–Crippen LogP) is 6.25. The first kappa shape index (κ1) is 29.4. The molecule has 0 spiro atoms. The van der Waals surface area contributed by atoms with Crippen LogP contribution in [0.15, 0.2) is 101 Å². The Hall–Kier alpha value is -3.57. The van der Waals surface area contributed by atoms with E-state index in [1.54, 1.807) is 49.4 Å². The lowest BCUT2D eigenvalue weighted by Gasteiger charge is -2.26. The summed E-state index contributed by atoms with van der Waals surface area (Å²) in [5.41, 5.74) is 2.39. The molecule has 40 heavy (non-hydrogen) atoms. The van der Waals surface area contributed by atoms with Gasteiger partial charge in [-0.05, 0) is 98.3 Å². The molecule has 0 aromatic heterocycles. The summed E-state index contributed by atoms with van der Waals surface area (Å²) in [6.45, 7) is 3.01. The number of aryl methyl sites for hydroxylation is 2. The molecule has 0 bridgehead atoms. The van der Waals surface area contributed by atoms with Crippen LogP contribution in [0.3, 0.4) is 0 Å². The van der Waals surface area contributed by atoms with Crippen LogP contribution < -0.4 is 14.3 Å². The molecular formula is C28H25Cl2N3O5S2. The Morgan fingerprint density at radius 3 is 1.88 bits per heavy atom. The molecule has 0 radical (unpaired) electrons. The molecule has 8 nitrogen and oxygen atoms in total. The Morgan fingerprint density at radius 2 is 1.27 bits per heavy atom. The van der Waals surface area contributed by atoms with Crippen molar-refractivity contribution in [2.24, 2.45) is 0 Å². The van der Waals surface area contributed by atoms with Gasteiger partial charge in [-0.3, -0.25) is 13.8 Å². The van der Waals surface area contributed by atoms with E-state index in [0.29, 0.717) is 27.0 Å². The average Bonchev–Trinajstić information content (AvgIpc) is 2.89. The van der Waals surface area contributed by atoms with Crippen LogP contribution >= 0.6 is 23.2 Å². The highest BCUT2D eigenvalue weighted by Gasteiger charge is 2.28. The van der Waals surface area contributed by atoms with Crippen LogP contribution in [0.4, 0.5) is 17.1 Å². The normalized spacial score (nSPS) is 11.6. The maximum absolute atomic E-state index is 13.6. The molecule has 0 atom stereocenters. The number of anilines is 3. The van der Waals surface area contributed by atoms with Crippen molar-refractivity contribution >= 4 is 66.2 Å². The van der Waals surface area contributed by atoms with E-state index < -0.39 is 32.5 Å². The number of halogens is 2. The van der Waals surface area contributed by atoms with Crippen LogP contribution in [-0.4, -0.2) is 29.3 Å². The van der Waals surface area contributed by atoms with Crippen molar-refractivity contribution in [2.45, 2.75) is 23.6 Å². The summed E-state index contributed by atoms with van der Waals surface area (Å²) in [7, 11) is -8.01. The van der Waals surface area contributed by atoms with E-state index in [1.807, 2.05) is 6.92 Å². The molecule has 1 amide bonds. The molecule has 0 fully saturated rings. The van der Waals surface area contributed by atoms with Crippen LogP contribution in [0, 0.1) is 13.8 Å². The number of hydrogen-bond donors (Lipinski definition) is 2. The number of sulfonamides is 2. The van der Waals surface area contributed by atoms with Gasteiger partial charge in [0.2, 0.25) is 5.91 Å². The predicted molar refractivity (Wildman–Crippen MR) is 159 cm³/mol. The van der Waals surface area contributed by atoms with Gasteiger partial charge in [-0.15, -0.1) is 0 Å². The standard InChI is InChI=1S/C28H25Cl2N3O5S2/c1-19-3-12-26(13-4-19)40(37,38)33(27-16-7-22(30)17-20(27)2)18-28(34)31-23-10-14-25(15-11-23)39(35,36)32-24-8-5-21(29)6-9-24/h3-17,32H,18H2,1-2H3,(H,31,34). The Morgan fingerprint density at radius 1 is 0.725 bits per heavy atom. The summed E-state index contributed by atoms with van der Waals surface area (Å²) >= 11 is 11.9. The second-order valence-corrected chi connectivity index (χ2v) is 13.4. The second-order valence-electron chi connectivity index (χ2n) is 8.94. The summed E-state index contributed by atoms with van der Waals surface area (Å²) in [4.78, 5) is 13.1. The van der Waals surface area contributed by atoms with Gasteiger partial charge in [-0.2, -0.15) is 0 Å². The van der Waals surface area contributed by atoms with Crippen molar-refractivity contribution in [1.29, 1.82) is 0 Å². The topological polar surface area (TPSA) is 113 Å². The second kappa shape index (κ2) is 11.9. The zero-order valence-electron chi connectivity index (χ0n) is 21.4. The van der Waals surface area contributed by atoms with Crippen molar-refractivity contribution in [3.8, 4) is 0 Å². The van der Waals surface area contributed by atoms with E-state index in [1.165, 1.54) is 48.5 Å². The monoisotopic (exact) mass is 617 g/mol. The Bertz CT molecular complexity index is 1740. The van der Waals surface area contributed by atoms with Crippen LogP contribution in [0.25, 0.3) is 0 Å². The summed E-state index contributed by atoms with van der Waals surface area (Å²) in [6, 6.07) is 22.7. The zero-order chi connectivity index (χ0) is 29.1. The number of carbonyl (C=O) groups excluding carboxylic acids is 1. The van der Waals surface area contributed by atoms with E-state index >= 15 is 0 Å². The minimum absolute atomic E-state index is 0.0270. The molecule has 2 N–H and O–H groups in total. The zero-order valence-corrected chi connectivity index (χ0v) is 24.6. The minimum Gasteiger partial charge on any atom is -0.325 e. The lowest BCUT2D eigenvalue weighted by atomic mass is 10.2. The van der Waals surface area contributed by atoms with E-state index in [9.17, 15) is 21.6 Å². The van der Waals surface area contributed by atoms with Gasteiger partial charge in [-0.1, -0.05) is 40.9 Å². The molecule has 0 aliphatic heterocycles. The van der Waals surface area contributed by atoms with Crippen molar-refractivity contribution < 1.29 is 21.6 Å². The molecule has 208 valence electrons. The van der Waals surface area contributed by atoms with Crippen molar-refractivity contribution in [3.05, 3.63) is 112 Å². The molecular weight excluding hydrogens is 593 g/mol. The number of benzene rings is 4. The molecule has 0 aliphatic carbocycles. The van der Waals surface area contributed by atoms with Crippen LogP contribution in [0.2, 0.25) is 10.0 Å². The van der Waals surface area contributed by atoms with Crippen LogP contribution in [0.1, 0.15) is 11.1 Å². The summed E-state index contributed by atoms with van der Waals surface area (Å²) in [6.07, 6.45) is 0. The third kappa shape index (κ3) is 6.95. The number of hydrogen-bond acceptors (Lipinski definition) is 5. The molecule has 4 aromatic carbocycles. The van der Waals surface area contributed by atoms with Gasteiger partial charge in [0.25, 0.3) is 20.0 Å². The third-order valence-corrected chi connectivity index (χ3v) is 9.53. The van der Waals surface area contributed by atoms with E-state index in [2.05, 4.69) is 10.0 Å². The van der Waals surface area contributed by atoms with Gasteiger partial charge in [0.1, 0.15) is 6.54 Å². The first-order valence-corrected chi connectivity index (χ1v) is 15.6. The SMILES string of the molecule is Cc1ccc(S(=O)(=O)N(CC(=O)Nc2ccc(S(=O)(=O)Nc3ccc(Cl)cc3)cc2)c2ccc(Cl)cc2C)cc1. The van der Waals surface area contributed by atoms with Crippen molar-refractivity contribution in [3.63, 3.8) is 0 Å². The third-order valence-electron chi connectivity index (χ3n) is 5.87.